The minimum absolute atomic E-state index is 0.0116. The average molecular weight is 540 g/mol. The Morgan fingerprint density at radius 3 is 2.41 bits per heavy atom. The number of amides is 1. The van der Waals surface area contributed by atoms with E-state index in [4.69, 9.17) is 9.90 Å². The van der Waals surface area contributed by atoms with Crippen molar-refractivity contribution in [2.24, 2.45) is 7.05 Å². The van der Waals surface area contributed by atoms with Crippen LogP contribution in [0.25, 0.3) is 5.52 Å². The van der Waals surface area contributed by atoms with Crippen LogP contribution in [0.15, 0.2) is 24.5 Å². The number of carbonyl (C=O) groups excluding carboxylic acids is 1. The second kappa shape index (κ2) is 10.6. The Kier molecular flexibility index (Phi) is 7.89. The number of rotatable bonds is 4. The lowest BCUT2D eigenvalue weighted by atomic mass is 10.1. The Balaban J connectivity index is 0.000000479. The molecule has 18 heteroatoms. The summed E-state index contributed by atoms with van der Waals surface area (Å²) in [6.07, 6.45) is -7.97. The first-order valence-corrected chi connectivity index (χ1v) is 10.3. The fourth-order valence-corrected chi connectivity index (χ4v) is 3.30. The number of carboxylic acids is 1. The van der Waals surface area contributed by atoms with Crippen molar-refractivity contribution >= 4 is 29.0 Å². The number of hydrogen-bond acceptors (Lipinski definition) is 7. The molecule has 11 nitrogen and oxygen atoms in total. The van der Waals surface area contributed by atoms with Gasteiger partial charge in [-0.15, -0.1) is 5.10 Å². The molecule has 0 radical (unpaired) electrons. The summed E-state index contributed by atoms with van der Waals surface area (Å²) in [5, 5.41) is 22.9. The van der Waals surface area contributed by atoms with Crippen LogP contribution in [0.1, 0.15) is 22.6 Å². The molecule has 0 bridgehead atoms. The molecule has 0 spiro atoms. The molecule has 1 amide bonds. The highest BCUT2D eigenvalue weighted by molar-refractivity contribution is 6.04. The van der Waals surface area contributed by atoms with Gasteiger partial charge in [-0.2, -0.15) is 31.4 Å². The molecule has 4 rings (SSSR count). The summed E-state index contributed by atoms with van der Waals surface area (Å²) < 4.78 is 86.9. The number of halogens is 7. The van der Waals surface area contributed by atoms with Crippen LogP contribution in [0, 0.1) is 0 Å². The van der Waals surface area contributed by atoms with Gasteiger partial charge in [0.25, 0.3) is 5.91 Å². The molecule has 37 heavy (non-hydrogen) atoms. The van der Waals surface area contributed by atoms with Crippen molar-refractivity contribution in [3.63, 3.8) is 0 Å². The Hall–Kier alpha value is -3.96. The minimum atomic E-state index is -5.08. The van der Waals surface area contributed by atoms with Gasteiger partial charge in [-0.25, -0.2) is 18.7 Å². The summed E-state index contributed by atoms with van der Waals surface area (Å²) in [5.41, 5.74) is -1.17. The van der Waals surface area contributed by atoms with E-state index in [9.17, 15) is 35.5 Å². The number of anilines is 2. The summed E-state index contributed by atoms with van der Waals surface area (Å²) in [6.45, 7) is 0.816. The molecule has 3 aromatic heterocycles. The Labute approximate surface area is 202 Å². The Bertz CT molecular complexity index is 1270. The molecule has 1 fully saturated rings. The van der Waals surface area contributed by atoms with Crippen molar-refractivity contribution < 1.29 is 45.4 Å². The van der Waals surface area contributed by atoms with E-state index in [1.807, 2.05) is 0 Å². The first kappa shape index (κ1) is 27.6. The molecule has 0 unspecified atom stereocenters. The van der Waals surface area contributed by atoms with E-state index in [0.29, 0.717) is 12.1 Å². The van der Waals surface area contributed by atoms with E-state index in [1.54, 1.807) is 6.07 Å². The molecule has 1 aliphatic heterocycles. The van der Waals surface area contributed by atoms with E-state index in [2.05, 4.69) is 31.1 Å². The summed E-state index contributed by atoms with van der Waals surface area (Å²) in [7, 11) is 1.32. The maximum atomic E-state index is 13.5. The number of fused-ring (bicyclic) bond motifs is 1. The number of aryl methyl sites for hydroxylation is 1. The molecule has 4 N–H and O–H groups in total. The Morgan fingerprint density at radius 1 is 1.14 bits per heavy atom. The normalized spacial score (nSPS) is 18.2. The SMILES string of the molecule is Cn1cc(NC(=O)c2ccc3cnc(N[C@H]4CNC[C@H](F)C4)nn23)c(C(F)(F)F)n1.O=C(O)C(F)(F)F. The zero-order chi connectivity index (χ0) is 27.5. The van der Waals surface area contributed by atoms with Crippen molar-refractivity contribution in [3.05, 3.63) is 35.9 Å². The molecule has 1 aliphatic rings. The van der Waals surface area contributed by atoms with Gasteiger partial charge in [0.15, 0.2) is 5.69 Å². The van der Waals surface area contributed by atoms with Crippen molar-refractivity contribution in [1.82, 2.24) is 29.7 Å². The molecule has 4 heterocycles. The van der Waals surface area contributed by atoms with Crippen LogP contribution in [-0.4, -0.2) is 72.8 Å². The van der Waals surface area contributed by atoms with E-state index < -0.39 is 41.8 Å². The molecular weight excluding hydrogens is 521 g/mol. The third-order valence-corrected chi connectivity index (χ3v) is 4.85. The van der Waals surface area contributed by atoms with Crippen LogP contribution in [0.3, 0.4) is 0 Å². The smallest absolute Gasteiger partial charge is 0.475 e. The number of nitrogens with one attached hydrogen (secondary N) is 3. The monoisotopic (exact) mass is 540 g/mol. The lowest BCUT2D eigenvalue weighted by Crippen LogP contribution is -2.44. The molecule has 1 saturated heterocycles. The van der Waals surface area contributed by atoms with Gasteiger partial charge in [-0.05, 0) is 12.1 Å². The van der Waals surface area contributed by atoms with Gasteiger partial charge < -0.3 is 21.1 Å². The third-order valence-electron chi connectivity index (χ3n) is 4.85. The van der Waals surface area contributed by atoms with Crippen molar-refractivity contribution in [1.29, 1.82) is 0 Å². The third kappa shape index (κ3) is 7.05. The fourth-order valence-electron chi connectivity index (χ4n) is 3.30. The maximum absolute atomic E-state index is 13.5. The molecule has 2 atom stereocenters. The van der Waals surface area contributed by atoms with E-state index >= 15 is 0 Å². The summed E-state index contributed by atoms with van der Waals surface area (Å²) in [5.74, 6) is -3.38. The minimum Gasteiger partial charge on any atom is -0.475 e. The second-order valence-electron chi connectivity index (χ2n) is 7.79. The zero-order valence-corrected chi connectivity index (χ0v) is 18.7. The van der Waals surface area contributed by atoms with Crippen LogP contribution < -0.4 is 16.0 Å². The van der Waals surface area contributed by atoms with Gasteiger partial charge in [0.05, 0.1) is 17.4 Å². The second-order valence-corrected chi connectivity index (χ2v) is 7.79. The van der Waals surface area contributed by atoms with Crippen LogP contribution >= 0.6 is 0 Å². The van der Waals surface area contributed by atoms with Crippen molar-refractivity contribution in [3.8, 4) is 0 Å². The molecular formula is C19H19F7N8O3. The number of piperidine rings is 1. The van der Waals surface area contributed by atoms with Gasteiger partial charge >= 0.3 is 18.3 Å². The summed E-state index contributed by atoms with van der Waals surface area (Å²) >= 11 is 0. The quantitative estimate of drug-likeness (QED) is 0.371. The molecule has 3 aromatic rings. The van der Waals surface area contributed by atoms with Crippen LogP contribution in [0.2, 0.25) is 0 Å². The largest absolute Gasteiger partial charge is 0.490 e. The summed E-state index contributed by atoms with van der Waals surface area (Å²) in [4.78, 5) is 25.7. The molecule has 202 valence electrons. The topological polar surface area (TPSA) is 138 Å². The molecule has 0 saturated carbocycles. The lowest BCUT2D eigenvalue weighted by molar-refractivity contribution is -0.192. The van der Waals surface area contributed by atoms with Crippen molar-refractivity contribution in [2.45, 2.75) is 31.0 Å². The highest BCUT2D eigenvalue weighted by Gasteiger charge is 2.38. The number of nitrogens with zero attached hydrogens (tertiary/aromatic N) is 5. The van der Waals surface area contributed by atoms with Gasteiger partial charge in [0, 0.05) is 38.8 Å². The number of alkyl halides is 7. The number of carbonyl (C=O) groups is 2. The maximum Gasteiger partial charge on any atom is 0.490 e. The van der Waals surface area contributed by atoms with E-state index in [0.717, 1.165) is 10.9 Å². The Morgan fingerprint density at radius 2 is 1.81 bits per heavy atom. The number of carboxylic acid groups (broad SMARTS) is 1. The zero-order valence-electron chi connectivity index (χ0n) is 18.7. The van der Waals surface area contributed by atoms with E-state index in [1.165, 1.54) is 23.8 Å². The molecule has 0 aromatic carbocycles. The molecule has 0 aliphatic carbocycles. The predicted molar refractivity (Wildman–Crippen MR) is 113 cm³/mol. The first-order valence-electron chi connectivity index (χ1n) is 10.3. The number of aliphatic carboxylic acids is 1. The van der Waals surface area contributed by atoms with Gasteiger partial charge in [-0.3, -0.25) is 9.48 Å². The highest BCUT2D eigenvalue weighted by atomic mass is 19.4. The van der Waals surface area contributed by atoms with Crippen LogP contribution in [0.4, 0.5) is 42.4 Å². The summed E-state index contributed by atoms with van der Waals surface area (Å²) in [6, 6.07) is 2.75. The lowest BCUT2D eigenvalue weighted by Gasteiger charge is -2.26. The standard InChI is InChI=1S/C17H18F4N8O.C2HF3O2/c1-28-8-12(14(26-28)17(19,20)21)25-15(30)13-3-2-11-7-23-16(27-29(11)13)24-10-4-9(18)5-22-6-10;3-2(4,5)1(6)7/h2-3,7-10,22H,4-6H2,1H3,(H,24,27)(H,25,30);(H,6,7)/t9-,10-;/m1./s1. The van der Waals surface area contributed by atoms with Crippen molar-refractivity contribution in [2.75, 3.05) is 23.7 Å². The fraction of sp³-hybridized carbons (Fsp3) is 0.421. The highest BCUT2D eigenvalue weighted by Crippen LogP contribution is 2.33. The first-order chi connectivity index (χ1) is 17.1. The predicted octanol–water partition coefficient (Wildman–Crippen LogP) is 2.48. The van der Waals surface area contributed by atoms with E-state index in [-0.39, 0.29) is 30.6 Å². The van der Waals surface area contributed by atoms with Gasteiger partial charge in [0.1, 0.15) is 11.9 Å². The number of aromatic nitrogens is 5. The van der Waals surface area contributed by atoms with Gasteiger partial charge in [0.2, 0.25) is 5.95 Å². The van der Waals surface area contributed by atoms with Crippen LogP contribution in [0.5, 0.6) is 0 Å². The van der Waals surface area contributed by atoms with Crippen LogP contribution in [-0.2, 0) is 18.0 Å². The average Bonchev–Trinajstić information content (AvgIpc) is 3.36. The number of hydrogen-bond donors (Lipinski definition) is 4. The van der Waals surface area contributed by atoms with Gasteiger partial charge in [-0.1, -0.05) is 0 Å².